The van der Waals surface area contributed by atoms with Crippen LogP contribution in [0.15, 0.2) is 48.5 Å². The fraction of sp³-hybridized carbons (Fsp3) is 0.273. The Morgan fingerprint density at radius 2 is 2.03 bits per heavy atom. The van der Waals surface area contributed by atoms with Gasteiger partial charge in [-0.2, -0.15) is 0 Å². The molecule has 30 heavy (non-hydrogen) atoms. The van der Waals surface area contributed by atoms with Crippen LogP contribution in [-0.4, -0.2) is 55.2 Å². The minimum absolute atomic E-state index is 0.220. The van der Waals surface area contributed by atoms with Crippen LogP contribution in [0.25, 0.3) is 16.3 Å². The number of hydrogen-bond donors (Lipinski definition) is 0. The second kappa shape index (κ2) is 9.66. The van der Waals surface area contributed by atoms with E-state index < -0.39 is 0 Å². The van der Waals surface area contributed by atoms with Crippen molar-refractivity contribution >= 4 is 50.3 Å². The number of thiazole rings is 1. The summed E-state index contributed by atoms with van der Waals surface area (Å²) in [4.78, 5) is 21.4. The predicted molar refractivity (Wildman–Crippen MR) is 120 cm³/mol. The topological polar surface area (TPSA) is 45.7 Å². The van der Waals surface area contributed by atoms with Crippen LogP contribution in [0.4, 0.5) is 9.52 Å². The summed E-state index contributed by atoms with van der Waals surface area (Å²) in [6.45, 7) is 4.16. The van der Waals surface area contributed by atoms with E-state index >= 15 is 0 Å². The summed E-state index contributed by atoms with van der Waals surface area (Å²) in [5, 5.41) is 1.06. The second-order valence-corrected chi connectivity index (χ2v) is 8.30. The van der Waals surface area contributed by atoms with E-state index in [1.807, 2.05) is 24.3 Å². The van der Waals surface area contributed by atoms with Crippen molar-refractivity contribution in [1.82, 2.24) is 9.88 Å². The maximum absolute atomic E-state index is 14.1. The number of amides is 1. The number of halogens is 2. The number of nitrogens with zero attached hydrogens (tertiary/aromatic N) is 3. The molecule has 5 nitrogen and oxygen atoms in total. The molecule has 0 unspecified atom stereocenters. The van der Waals surface area contributed by atoms with Gasteiger partial charge in [-0.15, -0.1) is 0 Å². The van der Waals surface area contributed by atoms with Gasteiger partial charge in [0, 0.05) is 37.3 Å². The van der Waals surface area contributed by atoms with Gasteiger partial charge in [-0.25, -0.2) is 9.37 Å². The van der Waals surface area contributed by atoms with Gasteiger partial charge < -0.3 is 4.74 Å². The van der Waals surface area contributed by atoms with E-state index in [0.29, 0.717) is 41.2 Å². The van der Waals surface area contributed by atoms with Gasteiger partial charge in [0.05, 0.1) is 17.9 Å². The highest BCUT2D eigenvalue weighted by Crippen LogP contribution is 2.30. The Morgan fingerprint density at radius 1 is 1.23 bits per heavy atom. The molecule has 156 valence electrons. The van der Waals surface area contributed by atoms with Crippen molar-refractivity contribution in [3.05, 3.63) is 64.9 Å². The SMILES string of the molecule is O=C(/C=C/c1ccccc1Cl)N(CCN1CCOCC1)c1nc2c(F)cccc2s1. The zero-order valence-corrected chi connectivity index (χ0v) is 17.8. The highest BCUT2D eigenvalue weighted by Gasteiger charge is 2.21. The summed E-state index contributed by atoms with van der Waals surface area (Å²) in [6, 6.07) is 12.2. The smallest absolute Gasteiger partial charge is 0.252 e. The number of fused-ring (bicyclic) bond motifs is 1. The van der Waals surface area contributed by atoms with E-state index in [-0.39, 0.29) is 17.2 Å². The molecule has 1 amide bonds. The lowest BCUT2D eigenvalue weighted by atomic mass is 10.2. The van der Waals surface area contributed by atoms with Gasteiger partial charge in [0.1, 0.15) is 11.3 Å². The summed E-state index contributed by atoms with van der Waals surface area (Å²) < 4.78 is 20.2. The molecular formula is C22H21ClFN3O2S. The van der Waals surface area contributed by atoms with Crippen molar-refractivity contribution in [3.8, 4) is 0 Å². The van der Waals surface area contributed by atoms with Crippen LogP contribution in [0, 0.1) is 5.82 Å². The van der Waals surface area contributed by atoms with E-state index in [9.17, 15) is 9.18 Å². The highest BCUT2D eigenvalue weighted by molar-refractivity contribution is 7.22. The molecule has 0 N–H and O–H groups in total. The van der Waals surface area contributed by atoms with Crippen LogP contribution >= 0.6 is 22.9 Å². The molecule has 1 aliphatic heterocycles. The molecule has 8 heteroatoms. The third-order valence-electron chi connectivity index (χ3n) is 4.91. The Hall–Kier alpha value is -2.32. The van der Waals surface area contributed by atoms with Gasteiger partial charge in [-0.1, -0.05) is 47.2 Å². The summed E-state index contributed by atoms with van der Waals surface area (Å²) in [5.41, 5.74) is 1.05. The van der Waals surface area contributed by atoms with Crippen molar-refractivity contribution in [2.75, 3.05) is 44.3 Å². The normalized spacial score (nSPS) is 15.1. The summed E-state index contributed by atoms with van der Waals surface area (Å²) in [6.07, 6.45) is 3.18. The number of para-hydroxylation sites is 1. The molecule has 1 saturated heterocycles. The Balaban J connectivity index is 1.59. The molecule has 0 spiro atoms. The number of morpholine rings is 1. The van der Waals surface area contributed by atoms with Gasteiger partial charge in [0.15, 0.2) is 5.13 Å². The first-order chi connectivity index (χ1) is 14.6. The fourth-order valence-electron chi connectivity index (χ4n) is 3.25. The summed E-state index contributed by atoms with van der Waals surface area (Å²) in [5.74, 6) is -0.607. The molecule has 0 bridgehead atoms. The molecular weight excluding hydrogens is 425 g/mol. The molecule has 1 aromatic heterocycles. The van der Waals surface area contributed by atoms with Crippen molar-refractivity contribution < 1.29 is 13.9 Å². The maximum Gasteiger partial charge on any atom is 0.252 e. The lowest BCUT2D eigenvalue weighted by Crippen LogP contribution is -2.42. The lowest BCUT2D eigenvalue weighted by Gasteiger charge is -2.28. The number of anilines is 1. The third kappa shape index (κ3) is 4.87. The number of carbonyl (C=O) groups excluding carboxylic acids is 1. The number of aromatic nitrogens is 1. The van der Waals surface area contributed by atoms with Crippen LogP contribution in [0.5, 0.6) is 0 Å². The fourth-order valence-corrected chi connectivity index (χ4v) is 4.46. The van der Waals surface area contributed by atoms with E-state index in [4.69, 9.17) is 16.3 Å². The number of ether oxygens (including phenoxy) is 1. The molecule has 0 radical (unpaired) electrons. The number of carbonyl (C=O) groups is 1. The molecule has 2 heterocycles. The standard InChI is InChI=1S/C22H21ClFN3O2S/c23-17-5-2-1-4-16(17)8-9-20(28)27(11-10-26-12-14-29-15-13-26)22-25-21-18(24)6-3-7-19(21)30-22/h1-9H,10-15H2/b9-8+. The third-order valence-corrected chi connectivity index (χ3v) is 6.30. The van der Waals surface area contributed by atoms with Crippen LogP contribution in [-0.2, 0) is 9.53 Å². The first kappa shape index (κ1) is 20.9. The van der Waals surface area contributed by atoms with Gasteiger partial charge in [0.2, 0.25) is 0 Å². The average Bonchev–Trinajstić information content (AvgIpc) is 3.19. The zero-order valence-electron chi connectivity index (χ0n) is 16.3. The second-order valence-electron chi connectivity index (χ2n) is 6.88. The maximum atomic E-state index is 14.1. The highest BCUT2D eigenvalue weighted by atomic mass is 35.5. The molecule has 3 aromatic rings. The molecule has 2 aromatic carbocycles. The number of rotatable bonds is 6. The Kier molecular flexibility index (Phi) is 6.74. The van der Waals surface area contributed by atoms with Crippen molar-refractivity contribution in [3.63, 3.8) is 0 Å². The van der Waals surface area contributed by atoms with Gasteiger partial charge in [-0.3, -0.25) is 14.6 Å². The van der Waals surface area contributed by atoms with Gasteiger partial charge >= 0.3 is 0 Å². The lowest BCUT2D eigenvalue weighted by molar-refractivity contribution is -0.114. The van der Waals surface area contributed by atoms with Crippen molar-refractivity contribution in [2.45, 2.75) is 0 Å². The predicted octanol–water partition coefficient (Wildman–Crippen LogP) is 4.47. The molecule has 0 saturated carbocycles. The molecule has 4 rings (SSSR count). The first-order valence-electron chi connectivity index (χ1n) is 9.71. The van der Waals surface area contributed by atoms with Crippen LogP contribution in [0.2, 0.25) is 5.02 Å². The summed E-state index contributed by atoms with van der Waals surface area (Å²) >= 11 is 7.50. The minimum Gasteiger partial charge on any atom is -0.379 e. The number of hydrogen-bond acceptors (Lipinski definition) is 5. The van der Waals surface area contributed by atoms with Gasteiger partial charge in [-0.05, 0) is 29.8 Å². The molecule has 0 atom stereocenters. The summed E-state index contributed by atoms with van der Waals surface area (Å²) in [7, 11) is 0. The van der Waals surface area contributed by atoms with Crippen molar-refractivity contribution in [2.24, 2.45) is 0 Å². The van der Waals surface area contributed by atoms with E-state index in [1.165, 1.54) is 23.5 Å². The molecule has 1 aliphatic rings. The Labute approximate surface area is 183 Å². The number of benzene rings is 2. The van der Waals surface area contributed by atoms with Crippen molar-refractivity contribution in [1.29, 1.82) is 0 Å². The largest absolute Gasteiger partial charge is 0.379 e. The van der Waals surface area contributed by atoms with Crippen LogP contribution in [0.1, 0.15) is 5.56 Å². The van der Waals surface area contributed by atoms with E-state index in [0.717, 1.165) is 18.7 Å². The van der Waals surface area contributed by atoms with Crippen LogP contribution < -0.4 is 4.90 Å². The van der Waals surface area contributed by atoms with E-state index in [1.54, 1.807) is 23.1 Å². The van der Waals surface area contributed by atoms with Crippen LogP contribution in [0.3, 0.4) is 0 Å². The monoisotopic (exact) mass is 445 g/mol. The first-order valence-corrected chi connectivity index (χ1v) is 10.9. The molecule has 0 aliphatic carbocycles. The zero-order chi connectivity index (χ0) is 20.9. The van der Waals surface area contributed by atoms with Gasteiger partial charge in [0.25, 0.3) is 5.91 Å². The molecule has 1 fully saturated rings. The Bertz CT molecular complexity index is 1070. The average molecular weight is 446 g/mol. The Morgan fingerprint density at radius 3 is 2.80 bits per heavy atom. The minimum atomic E-state index is -0.387. The quantitative estimate of drug-likeness (QED) is 0.525. The van der Waals surface area contributed by atoms with E-state index in [2.05, 4.69) is 9.88 Å².